The quantitative estimate of drug-likeness (QED) is 0.637. The Kier molecular flexibility index (Phi) is 3.90. The van der Waals surface area contributed by atoms with Gasteiger partial charge >= 0.3 is 0 Å². The summed E-state index contributed by atoms with van der Waals surface area (Å²) in [6.07, 6.45) is 8.06. The fourth-order valence-corrected chi connectivity index (χ4v) is 2.48. The lowest BCUT2D eigenvalue weighted by Crippen LogP contribution is -2.25. The molecule has 0 aromatic rings. The van der Waals surface area contributed by atoms with E-state index in [1.165, 1.54) is 12.0 Å². The van der Waals surface area contributed by atoms with Gasteiger partial charge in [0, 0.05) is 5.57 Å². The van der Waals surface area contributed by atoms with Crippen LogP contribution in [0, 0.1) is 5.41 Å². The van der Waals surface area contributed by atoms with Crippen LogP contribution in [0.4, 0.5) is 0 Å². The van der Waals surface area contributed by atoms with Crippen molar-refractivity contribution in [1.29, 1.82) is 0 Å². The number of rotatable bonds is 3. The third-order valence-electron chi connectivity index (χ3n) is 3.21. The van der Waals surface area contributed by atoms with Crippen LogP contribution in [0.25, 0.3) is 0 Å². The molecule has 0 fully saturated rings. The molecule has 1 aliphatic carbocycles. The number of ketones is 1. The molecule has 1 aliphatic rings. The predicted molar refractivity (Wildman–Crippen MR) is 64.8 cm³/mol. The zero-order valence-electron chi connectivity index (χ0n) is 10.4. The van der Waals surface area contributed by atoms with Crippen LogP contribution in [-0.4, -0.2) is 5.78 Å². The highest BCUT2D eigenvalue weighted by Gasteiger charge is 2.31. The second-order valence-corrected chi connectivity index (χ2v) is 5.07. The first-order valence-electron chi connectivity index (χ1n) is 5.90. The second kappa shape index (κ2) is 4.78. The van der Waals surface area contributed by atoms with Crippen molar-refractivity contribution in [3.63, 3.8) is 0 Å². The molecule has 0 atom stereocenters. The maximum atomic E-state index is 12.0. The fraction of sp³-hybridized carbons (Fsp3) is 0.643. The molecule has 0 aliphatic heterocycles. The number of hydrogen-bond acceptors (Lipinski definition) is 1. The molecule has 0 aromatic heterocycles. The Labute approximate surface area is 93.3 Å². The topological polar surface area (TPSA) is 17.1 Å². The molecule has 0 amide bonds. The molecule has 0 bridgehead atoms. The van der Waals surface area contributed by atoms with Crippen LogP contribution in [0.3, 0.4) is 0 Å². The zero-order chi connectivity index (χ0) is 11.5. The second-order valence-electron chi connectivity index (χ2n) is 5.07. The Hall–Kier alpha value is -0.850. The average Bonchev–Trinajstić information content (AvgIpc) is 2.13. The van der Waals surface area contributed by atoms with Crippen molar-refractivity contribution >= 4 is 5.78 Å². The van der Waals surface area contributed by atoms with Crippen molar-refractivity contribution in [2.45, 2.75) is 53.4 Å². The van der Waals surface area contributed by atoms with Crippen LogP contribution in [0.15, 0.2) is 23.3 Å². The summed E-state index contributed by atoms with van der Waals surface area (Å²) in [7, 11) is 0. The van der Waals surface area contributed by atoms with Crippen LogP contribution >= 0.6 is 0 Å². The molecule has 0 N–H and O–H groups in total. The monoisotopic (exact) mass is 206 g/mol. The van der Waals surface area contributed by atoms with Crippen molar-refractivity contribution in [2.24, 2.45) is 5.41 Å². The molecule has 1 heteroatoms. The van der Waals surface area contributed by atoms with Crippen molar-refractivity contribution < 1.29 is 4.79 Å². The molecule has 15 heavy (non-hydrogen) atoms. The summed E-state index contributed by atoms with van der Waals surface area (Å²) in [4.78, 5) is 12.0. The molecule has 0 saturated heterocycles. The Morgan fingerprint density at radius 3 is 2.67 bits per heavy atom. The fourth-order valence-electron chi connectivity index (χ4n) is 2.48. The first-order valence-corrected chi connectivity index (χ1v) is 5.90. The SMILES string of the molecule is CC/C=C/C(=O)C1=C(C)CCCC1(C)C. The minimum Gasteiger partial charge on any atom is -0.290 e. The van der Waals surface area contributed by atoms with E-state index in [2.05, 4.69) is 27.7 Å². The first kappa shape index (κ1) is 12.2. The molecule has 0 unspecified atom stereocenters. The van der Waals surface area contributed by atoms with Gasteiger partial charge in [-0.1, -0.05) is 32.4 Å². The van der Waals surface area contributed by atoms with Gasteiger partial charge in [0.1, 0.15) is 0 Å². The normalized spacial score (nSPS) is 21.1. The van der Waals surface area contributed by atoms with Crippen LogP contribution in [0.1, 0.15) is 53.4 Å². The van der Waals surface area contributed by atoms with Crippen LogP contribution in [0.5, 0.6) is 0 Å². The van der Waals surface area contributed by atoms with Gasteiger partial charge in [0.25, 0.3) is 0 Å². The number of allylic oxidation sites excluding steroid dienone is 4. The largest absolute Gasteiger partial charge is 0.290 e. The lowest BCUT2D eigenvalue weighted by molar-refractivity contribution is -0.112. The molecule has 0 radical (unpaired) electrons. The third-order valence-corrected chi connectivity index (χ3v) is 3.21. The van der Waals surface area contributed by atoms with Crippen molar-refractivity contribution in [3.05, 3.63) is 23.3 Å². The number of hydrogen-bond donors (Lipinski definition) is 0. The van der Waals surface area contributed by atoms with E-state index in [9.17, 15) is 4.79 Å². The van der Waals surface area contributed by atoms with Gasteiger partial charge in [0.2, 0.25) is 0 Å². The van der Waals surface area contributed by atoms with Gasteiger partial charge in [0.05, 0.1) is 0 Å². The van der Waals surface area contributed by atoms with Gasteiger partial charge < -0.3 is 0 Å². The van der Waals surface area contributed by atoms with Gasteiger partial charge in [-0.25, -0.2) is 0 Å². The highest BCUT2D eigenvalue weighted by atomic mass is 16.1. The smallest absolute Gasteiger partial charge is 0.181 e. The minimum atomic E-state index is 0.0670. The van der Waals surface area contributed by atoms with Crippen LogP contribution < -0.4 is 0 Å². The Morgan fingerprint density at radius 1 is 1.47 bits per heavy atom. The van der Waals surface area contributed by atoms with Crippen molar-refractivity contribution in [2.75, 3.05) is 0 Å². The van der Waals surface area contributed by atoms with Gasteiger partial charge in [-0.2, -0.15) is 0 Å². The van der Waals surface area contributed by atoms with E-state index in [4.69, 9.17) is 0 Å². The predicted octanol–water partition coefficient (Wildman–Crippen LogP) is 4.05. The van der Waals surface area contributed by atoms with Gasteiger partial charge in [-0.05, 0) is 44.1 Å². The lowest BCUT2D eigenvalue weighted by Gasteiger charge is -2.32. The van der Waals surface area contributed by atoms with Crippen LogP contribution in [-0.2, 0) is 4.79 Å². The molecular formula is C14H22O. The highest BCUT2D eigenvalue weighted by molar-refractivity contribution is 6.05. The van der Waals surface area contributed by atoms with Gasteiger partial charge in [0.15, 0.2) is 5.78 Å². The van der Waals surface area contributed by atoms with E-state index in [1.54, 1.807) is 6.08 Å². The van der Waals surface area contributed by atoms with Crippen LogP contribution in [0.2, 0.25) is 0 Å². The Balaban J connectivity index is 2.98. The van der Waals surface area contributed by atoms with E-state index in [0.717, 1.165) is 24.8 Å². The van der Waals surface area contributed by atoms with E-state index in [0.29, 0.717) is 0 Å². The molecule has 0 saturated carbocycles. The van der Waals surface area contributed by atoms with E-state index in [-0.39, 0.29) is 11.2 Å². The Bertz CT molecular complexity index is 305. The molecular weight excluding hydrogens is 184 g/mol. The summed E-state index contributed by atoms with van der Waals surface area (Å²) >= 11 is 0. The summed E-state index contributed by atoms with van der Waals surface area (Å²) in [5.41, 5.74) is 2.41. The van der Waals surface area contributed by atoms with Crippen molar-refractivity contribution in [3.8, 4) is 0 Å². The Morgan fingerprint density at radius 2 is 2.13 bits per heavy atom. The minimum absolute atomic E-state index is 0.0670. The standard InChI is InChI=1S/C14H22O/c1-5-6-9-12(15)13-11(2)8-7-10-14(13,3)4/h6,9H,5,7-8,10H2,1-4H3/b9-6+. The molecule has 0 aromatic carbocycles. The van der Waals surface area contributed by atoms with Crippen molar-refractivity contribution in [1.82, 2.24) is 0 Å². The number of carbonyl (C=O) groups is 1. The molecule has 0 heterocycles. The summed E-state index contributed by atoms with van der Waals surface area (Å²) < 4.78 is 0. The van der Waals surface area contributed by atoms with E-state index in [1.807, 2.05) is 6.08 Å². The molecule has 0 spiro atoms. The summed E-state index contributed by atoms with van der Waals surface area (Å²) in [5.74, 6) is 0.221. The molecule has 84 valence electrons. The summed E-state index contributed by atoms with van der Waals surface area (Å²) in [6.45, 7) is 8.52. The van der Waals surface area contributed by atoms with E-state index < -0.39 is 0 Å². The molecule has 1 rings (SSSR count). The summed E-state index contributed by atoms with van der Waals surface area (Å²) in [6, 6.07) is 0. The van der Waals surface area contributed by atoms with Gasteiger partial charge in [-0.3, -0.25) is 4.79 Å². The lowest BCUT2D eigenvalue weighted by atomic mass is 9.71. The summed E-state index contributed by atoms with van der Waals surface area (Å²) in [5, 5.41) is 0. The maximum Gasteiger partial charge on any atom is 0.181 e. The maximum absolute atomic E-state index is 12.0. The molecule has 1 nitrogen and oxygen atoms in total. The van der Waals surface area contributed by atoms with Gasteiger partial charge in [-0.15, -0.1) is 0 Å². The number of carbonyl (C=O) groups excluding carboxylic acids is 1. The first-order chi connectivity index (χ1) is 6.99. The van der Waals surface area contributed by atoms with E-state index >= 15 is 0 Å². The average molecular weight is 206 g/mol. The third kappa shape index (κ3) is 2.80. The zero-order valence-corrected chi connectivity index (χ0v) is 10.4. The highest BCUT2D eigenvalue weighted by Crippen LogP contribution is 2.40.